The molecule has 0 saturated carbocycles. The maximum Gasteiger partial charge on any atom is 0.256 e. The summed E-state index contributed by atoms with van der Waals surface area (Å²) in [7, 11) is 3.73. The number of H-pyrrole nitrogens is 1. The topological polar surface area (TPSA) is 61.5 Å². The summed E-state index contributed by atoms with van der Waals surface area (Å²) in [5.74, 6) is 0.650. The Bertz CT molecular complexity index is 722. The molecule has 1 aromatic carbocycles. The molecular formula is C18H24N4O2. The highest BCUT2D eigenvalue weighted by Gasteiger charge is 2.19. The molecule has 6 nitrogen and oxygen atoms in total. The first kappa shape index (κ1) is 16.7. The summed E-state index contributed by atoms with van der Waals surface area (Å²) in [5.41, 5.74) is 2.42. The molecule has 0 aliphatic carbocycles. The Morgan fingerprint density at radius 3 is 2.54 bits per heavy atom. The Kier molecular flexibility index (Phi) is 5.27. The minimum absolute atomic E-state index is 0.0742. The second-order valence-electron chi connectivity index (χ2n) is 6.20. The van der Waals surface area contributed by atoms with E-state index < -0.39 is 0 Å². The van der Waals surface area contributed by atoms with Gasteiger partial charge >= 0.3 is 0 Å². The fourth-order valence-electron chi connectivity index (χ4n) is 2.94. The summed E-state index contributed by atoms with van der Waals surface area (Å²) >= 11 is 0. The largest absolute Gasteiger partial charge is 0.378 e. The van der Waals surface area contributed by atoms with Crippen molar-refractivity contribution in [3.05, 3.63) is 57.5 Å². The number of methoxy groups -OCH3 is 1. The normalized spacial score (nSPS) is 15.7. The van der Waals surface area contributed by atoms with Gasteiger partial charge in [0.05, 0.1) is 12.3 Å². The molecule has 24 heavy (non-hydrogen) atoms. The smallest absolute Gasteiger partial charge is 0.256 e. The summed E-state index contributed by atoms with van der Waals surface area (Å²) in [4.78, 5) is 24.7. The number of aromatic amines is 1. The van der Waals surface area contributed by atoms with Crippen molar-refractivity contribution in [2.24, 2.45) is 0 Å². The van der Waals surface area contributed by atoms with E-state index in [1.165, 1.54) is 0 Å². The van der Waals surface area contributed by atoms with E-state index in [1.807, 2.05) is 30.3 Å². The SMILES string of the molecule is COCc1nc(N2CCN(C)CC2)[nH]c(=O)c1Cc1ccccc1. The second-order valence-corrected chi connectivity index (χ2v) is 6.20. The molecule has 2 heterocycles. The van der Waals surface area contributed by atoms with E-state index in [0.29, 0.717) is 24.5 Å². The van der Waals surface area contributed by atoms with Crippen LogP contribution in [0.1, 0.15) is 16.8 Å². The third kappa shape index (κ3) is 3.83. The van der Waals surface area contributed by atoms with Gasteiger partial charge < -0.3 is 14.5 Å². The van der Waals surface area contributed by atoms with Crippen LogP contribution in [0.25, 0.3) is 0 Å². The molecule has 0 unspecified atom stereocenters. The van der Waals surface area contributed by atoms with Crippen LogP contribution in [-0.2, 0) is 17.8 Å². The van der Waals surface area contributed by atoms with Crippen LogP contribution in [0.3, 0.4) is 0 Å². The predicted octanol–water partition coefficient (Wildman–Crippen LogP) is 1.26. The first-order valence-corrected chi connectivity index (χ1v) is 8.26. The maximum atomic E-state index is 12.7. The van der Waals surface area contributed by atoms with Crippen molar-refractivity contribution in [1.29, 1.82) is 0 Å². The molecule has 0 atom stereocenters. The molecule has 128 valence electrons. The van der Waals surface area contributed by atoms with Crippen molar-refractivity contribution in [3.63, 3.8) is 0 Å². The molecule has 0 bridgehead atoms. The number of benzene rings is 1. The van der Waals surface area contributed by atoms with Crippen LogP contribution in [0, 0.1) is 0 Å². The fourth-order valence-corrected chi connectivity index (χ4v) is 2.94. The number of aromatic nitrogens is 2. The van der Waals surface area contributed by atoms with Crippen molar-refractivity contribution < 1.29 is 4.74 Å². The number of piperazine rings is 1. The maximum absolute atomic E-state index is 12.7. The summed E-state index contributed by atoms with van der Waals surface area (Å²) in [6.45, 7) is 4.00. The van der Waals surface area contributed by atoms with Crippen LogP contribution < -0.4 is 10.5 Å². The molecule has 0 radical (unpaired) electrons. The van der Waals surface area contributed by atoms with Gasteiger partial charge in [-0.1, -0.05) is 30.3 Å². The van der Waals surface area contributed by atoms with E-state index >= 15 is 0 Å². The van der Waals surface area contributed by atoms with E-state index in [-0.39, 0.29) is 5.56 Å². The van der Waals surface area contributed by atoms with Gasteiger partial charge in [0.1, 0.15) is 0 Å². The molecule has 1 aliphatic heterocycles. The highest BCUT2D eigenvalue weighted by Crippen LogP contribution is 2.15. The van der Waals surface area contributed by atoms with E-state index in [2.05, 4.69) is 21.8 Å². The van der Waals surface area contributed by atoms with Gasteiger partial charge in [-0.15, -0.1) is 0 Å². The number of nitrogens with zero attached hydrogens (tertiary/aromatic N) is 3. The van der Waals surface area contributed by atoms with Gasteiger partial charge in [-0.05, 0) is 12.6 Å². The van der Waals surface area contributed by atoms with Crippen molar-refractivity contribution in [2.45, 2.75) is 13.0 Å². The zero-order valence-electron chi connectivity index (χ0n) is 14.3. The predicted molar refractivity (Wildman–Crippen MR) is 94.5 cm³/mol. The Balaban J connectivity index is 1.90. The summed E-state index contributed by atoms with van der Waals surface area (Å²) in [5, 5.41) is 0. The minimum Gasteiger partial charge on any atom is -0.378 e. The number of hydrogen-bond donors (Lipinski definition) is 1. The Hall–Kier alpha value is -2.18. The van der Waals surface area contributed by atoms with E-state index in [4.69, 9.17) is 9.72 Å². The monoisotopic (exact) mass is 328 g/mol. The number of likely N-dealkylation sites (N-methyl/N-ethyl adjacent to an activating group) is 1. The van der Waals surface area contributed by atoms with E-state index in [0.717, 1.165) is 37.4 Å². The number of nitrogens with one attached hydrogen (secondary N) is 1. The number of hydrogen-bond acceptors (Lipinski definition) is 5. The number of rotatable bonds is 5. The van der Waals surface area contributed by atoms with Crippen molar-refractivity contribution >= 4 is 5.95 Å². The fraction of sp³-hybridized carbons (Fsp3) is 0.444. The van der Waals surface area contributed by atoms with E-state index in [1.54, 1.807) is 7.11 Å². The zero-order chi connectivity index (χ0) is 16.9. The van der Waals surface area contributed by atoms with Crippen LogP contribution in [0.4, 0.5) is 5.95 Å². The molecular weight excluding hydrogens is 304 g/mol. The number of anilines is 1. The van der Waals surface area contributed by atoms with Crippen LogP contribution in [-0.4, -0.2) is 55.2 Å². The van der Waals surface area contributed by atoms with Crippen LogP contribution >= 0.6 is 0 Å². The lowest BCUT2D eigenvalue weighted by atomic mass is 10.0. The third-order valence-corrected chi connectivity index (χ3v) is 4.40. The molecule has 1 N–H and O–H groups in total. The Morgan fingerprint density at radius 2 is 1.88 bits per heavy atom. The first-order chi connectivity index (χ1) is 11.7. The highest BCUT2D eigenvalue weighted by molar-refractivity contribution is 5.36. The molecule has 2 aromatic rings. The Morgan fingerprint density at radius 1 is 1.17 bits per heavy atom. The minimum atomic E-state index is -0.0742. The van der Waals surface area contributed by atoms with Crippen molar-refractivity contribution in [2.75, 3.05) is 45.2 Å². The van der Waals surface area contributed by atoms with Gasteiger partial charge in [0.2, 0.25) is 5.95 Å². The van der Waals surface area contributed by atoms with Crippen LogP contribution in [0.2, 0.25) is 0 Å². The van der Waals surface area contributed by atoms with Gasteiger partial charge in [0.15, 0.2) is 0 Å². The summed E-state index contributed by atoms with van der Waals surface area (Å²) in [6, 6.07) is 9.96. The average molecular weight is 328 g/mol. The van der Waals surface area contributed by atoms with Crippen molar-refractivity contribution in [1.82, 2.24) is 14.9 Å². The average Bonchev–Trinajstić information content (AvgIpc) is 2.59. The van der Waals surface area contributed by atoms with Gasteiger partial charge in [-0.3, -0.25) is 9.78 Å². The summed E-state index contributed by atoms with van der Waals surface area (Å²) in [6.07, 6.45) is 0.560. The van der Waals surface area contributed by atoms with Gasteiger partial charge in [-0.25, -0.2) is 4.98 Å². The molecule has 3 rings (SSSR count). The lowest BCUT2D eigenvalue weighted by molar-refractivity contribution is 0.180. The standard InChI is InChI=1S/C18H24N4O2/c1-21-8-10-22(11-9-21)18-19-16(13-24-2)15(17(23)20-18)12-14-6-4-3-5-7-14/h3-7H,8-13H2,1-2H3,(H,19,20,23). The third-order valence-electron chi connectivity index (χ3n) is 4.40. The molecule has 0 amide bonds. The van der Waals surface area contributed by atoms with E-state index in [9.17, 15) is 4.79 Å². The zero-order valence-corrected chi connectivity index (χ0v) is 14.3. The molecule has 0 spiro atoms. The lowest BCUT2D eigenvalue weighted by Crippen LogP contribution is -2.45. The van der Waals surface area contributed by atoms with Crippen LogP contribution in [0.15, 0.2) is 35.1 Å². The van der Waals surface area contributed by atoms with Crippen LogP contribution in [0.5, 0.6) is 0 Å². The highest BCUT2D eigenvalue weighted by atomic mass is 16.5. The number of ether oxygens (including phenoxy) is 1. The summed E-state index contributed by atoms with van der Waals surface area (Å²) < 4.78 is 5.28. The van der Waals surface area contributed by atoms with Gasteiger partial charge in [-0.2, -0.15) is 0 Å². The quantitative estimate of drug-likeness (QED) is 0.895. The first-order valence-electron chi connectivity index (χ1n) is 8.26. The van der Waals surface area contributed by atoms with Gasteiger partial charge in [0.25, 0.3) is 5.56 Å². The lowest BCUT2D eigenvalue weighted by Gasteiger charge is -2.33. The second kappa shape index (κ2) is 7.59. The van der Waals surface area contributed by atoms with Crippen molar-refractivity contribution in [3.8, 4) is 0 Å². The molecule has 1 fully saturated rings. The molecule has 6 heteroatoms. The molecule has 1 saturated heterocycles. The Labute approximate surface area is 142 Å². The van der Waals surface area contributed by atoms with Gasteiger partial charge in [0, 0.05) is 45.3 Å². The molecule has 1 aliphatic rings. The molecule has 1 aromatic heterocycles.